The van der Waals surface area contributed by atoms with Crippen LogP contribution in [0, 0.1) is 6.92 Å². The van der Waals surface area contributed by atoms with E-state index in [-0.39, 0.29) is 11.7 Å². The summed E-state index contributed by atoms with van der Waals surface area (Å²) in [6.45, 7) is 3.05. The molecule has 0 atom stereocenters. The van der Waals surface area contributed by atoms with E-state index in [2.05, 4.69) is 0 Å². The molecule has 4 heteroatoms. The van der Waals surface area contributed by atoms with Gasteiger partial charge < -0.3 is 14.6 Å². The summed E-state index contributed by atoms with van der Waals surface area (Å²) in [6, 6.07) is 4.87. The van der Waals surface area contributed by atoms with Gasteiger partial charge in [0.05, 0.1) is 18.8 Å². The van der Waals surface area contributed by atoms with Gasteiger partial charge in [0.25, 0.3) is 0 Å². The average Bonchev–Trinajstić information content (AvgIpc) is 2.13. The lowest BCUT2D eigenvalue weighted by Gasteiger charge is -2.27. The molecule has 1 aliphatic heterocycles. The predicted octanol–water partition coefficient (Wildman–Crippen LogP) is 1.47. The summed E-state index contributed by atoms with van der Waals surface area (Å²) >= 11 is 0. The lowest BCUT2D eigenvalue weighted by Crippen LogP contribution is -2.38. The standard InChI is InChI=1S/C11H12O4/c1-7-2-3-8(11(12)13)4-10(7)15-9-5-14-6-9/h2-4,9H,5-6H2,1H3,(H,12,13). The molecule has 0 bridgehead atoms. The third-order valence-corrected chi connectivity index (χ3v) is 2.34. The zero-order valence-corrected chi connectivity index (χ0v) is 8.40. The number of aromatic carboxylic acids is 1. The Labute approximate surface area is 87.4 Å². The third-order valence-electron chi connectivity index (χ3n) is 2.34. The number of aryl methyl sites for hydroxylation is 1. The Bertz CT molecular complexity index is 382. The van der Waals surface area contributed by atoms with Crippen molar-refractivity contribution in [2.75, 3.05) is 13.2 Å². The molecule has 1 aromatic rings. The van der Waals surface area contributed by atoms with Gasteiger partial charge in [0.1, 0.15) is 11.9 Å². The quantitative estimate of drug-likeness (QED) is 0.817. The van der Waals surface area contributed by atoms with Crippen LogP contribution in [0.2, 0.25) is 0 Å². The Morgan fingerprint density at radius 3 is 2.80 bits per heavy atom. The number of carboxylic acids is 1. The molecule has 0 unspecified atom stereocenters. The van der Waals surface area contributed by atoms with Gasteiger partial charge in [-0.05, 0) is 24.6 Å². The maximum Gasteiger partial charge on any atom is 0.335 e. The van der Waals surface area contributed by atoms with Crippen molar-refractivity contribution in [1.82, 2.24) is 0 Å². The van der Waals surface area contributed by atoms with Gasteiger partial charge in [-0.1, -0.05) is 6.07 Å². The van der Waals surface area contributed by atoms with Crippen LogP contribution in [-0.4, -0.2) is 30.4 Å². The summed E-state index contributed by atoms with van der Waals surface area (Å²) in [4.78, 5) is 10.8. The van der Waals surface area contributed by atoms with Gasteiger partial charge in [-0.25, -0.2) is 4.79 Å². The van der Waals surface area contributed by atoms with Crippen LogP contribution in [0.25, 0.3) is 0 Å². The van der Waals surface area contributed by atoms with E-state index in [4.69, 9.17) is 14.6 Å². The minimum absolute atomic E-state index is 0.0627. The van der Waals surface area contributed by atoms with E-state index in [0.29, 0.717) is 19.0 Å². The largest absolute Gasteiger partial charge is 0.485 e. The van der Waals surface area contributed by atoms with Crippen LogP contribution in [0.1, 0.15) is 15.9 Å². The first kappa shape index (κ1) is 9.98. The molecule has 1 aromatic carbocycles. The minimum atomic E-state index is -0.940. The Morgan fingerprint density at radius 1 is 1.53 bits per heavy atom. The van der Waals surface area contributed by atoms with Crippen LogP contribution in [0.15, 0.2) is 18.2 Å². The normalized spacial score (nSPS) is 15.8. The van der Waals surface area contributed by atoms with Crippen LogP contribution in [0.3, 0.4) is 0 Å². The second-order valence-electron chi connectivity index (χ2n) is 3.56. The van der Waals surface area contributed by atoms with Gasteiger partial charge in [0.2, 0.25) is 0 Å². The zero-order chi connectivity index (χ0) is 10.8. The Balaban J connectivity index is 2.19. The van der Waals surface area contributed by atoms with Crippen LogP contribution >= 0.6 is 0 Å². The Kier molecular flexibility index (Phi) is 2.60. The van der Waals surface area contributed by atoms with Crippen LogP contribution in [0.4, 0.5) is 0 Å². The summed E-state index contributed by atoms with van der Waals surface area (Å²) in [5.74, 6) is -0.312. The highest BCUT2D eigenvalue weighted by Crippen LogP contribution is 2.22. The van der Waals surface area contributed by atoms with Gasteiger partial charge in [0, 0.05) is 0 Å². The Morgan fingerprint density at radius 2 is 2.27 bits per heavy atom. The van der Waals surface area contributed by atoms with E-state index >= 15 is 0 Å². The highest BCUT2D eigenvalue weighted by molar-refractivity contribution is 5.88. The molecule has 1 heterocycles. The molecule has 0 spiro atoms. The number of carboxylic acid groups (broad SMARTS) is 1. The fourth-order valence-electron chi connectivity index (χ4n) is 1.32. The lowest BCUT2D eigenvalue weighted by atomic mass is 10.1. The van der Waals surface area contributed by atoms with Crippen molar-refractivity contribution in [2.24, 2.45) is 0 Å². The second kappa shape index (κ2) is 3.90. The number of hydrogen-bond acceptors (Lipinski definition) is 3. The molecule has 0 aromatic heterocycles. The Hall–Kier alpha value is -1.55. The highest BCUT2D eigenvalue weighted by atomic mass is 16.6. The molecule has 1 N–H and O–H groups in total. The number of benzene rings is 1. The average molecular weight is 208 g/mol. The number of rotatable bonds is 3. The topological polar surface area (TPSA) is 55.8 Å². The molecule has 80 valence electrons. The lowest BCUT2D eigenvalue weighted by molar-refractivity contribution is -0.0799. The SMILES string of the molecule is Cc1ccc(C(=O)O)cc1OC1COC1. The third kappa shape index (κ3) is 2.10. The van der Waals surface area contributed by atoms with Crippen molar-refractivity contribution in [3.05, 3.63) is 29.3 Å². The molecule has 0 radical (unpaired) electrons. The fraction of sp³-hybridized carbons (Fsp3) is 0.364. The minimum Gasteiger partial charge on any atom is -0.485 e. The van der Waals surface area contributed by atoms with Gasteiger partial charge in [-0.2, -0.15) is 0 Å². The zero-order valence-electron chi connectivity index (χ0n) is 8.40. The molecule has 0 amide bonds. The predicted molar refractivity (Wildman–Crippen MR) is 53.4 cm³/mol. The molecule has 0 aliphatic carbocycles. The van der Waals surface area contributed by atoms with Crippen LogP contribution in [-0.2, 0) is 4.74 Å². The molecule has 1 aliphatic rings. The summed E-state index contributed by atoms with van der Waals surface area (Å²) in [7, 11) is 0. The maximum absolute atomic E-state index is 10.8. The second-order valence-corrected chi connectivity index (χ2v) is 3.56. The van der Waals surface area contributed by atoms with Crippen molar-refractivity contribution in [1.29, 1.82) is 0 Å². The summed E-state index contributed by atoms with van der Waals surface area (Å²) in [6.07, 6.45) is 0.0627. The fourth-order valence-corrected chi connectivity index (χ4v) is 1.32. The molecule has 4 nitrogen and oxygen atoms in total. The first-order chi connectivity index (χ1) is 7.16. The van der Waals surface area contributed by atoms with Crippen molar-refractivity contribution in [3.8, 4) is 5.75 Å². The molecule has 2 rings (SSSR count). The maximum atomic E-state index is 10.8. The molecule has 1 saturated heterocycles. The van der Waals surface area contributed by atoms with Gasteiger partial charge >= 0.3 is 5.97 Å². The van der Waals surface area contributed by atoms with E-state index < -0.39 is 5.97 Å². The molecule has 0 saturated carbocycles. The molecule has 1 fully saturated rings. The van der Waals surface area contributed by atoms with Crippen molar-refractivity contribution in [2.45, 2.75) is 13.0 Å². The molecule has 15 heavy (non-hydrogen) atoms. The number of hydrogen-bond donors (Lipinski definition) is 1. The van der Waals surface area contributed by atoms with Crippen LogP contribution in [0.5, 0.6) is 5.75 Å². The van der Waals surface area contributed by atoms with Crippen molar-refractivity contribution in [3.63, 3.8) is 0 Å². The monoisotopic (exact) mass is 208 g/mol. The number of carbonyl (C=O) groups is 1. The van der Waals surface area contributed by atoms with Crippen molar-refractivity contribution >= 4 is 5.97 Å². The van der Waals surface area contributed by atoms with Gasteiger partial charge in [-0.3, -0.25) is 0 Å². The van der Waals surface area contributed by atoms with Crippen LogP contribution < -0.4 is 4.74 Å². The summed E-state index contributed by atoms with van der Waals surface area (Å²) in [5.41, 5.74) is 1.18. The van der Waals surface area contributed by atoms with Gasteiger partial charge in [-0.15, -0.1) is 0 Å². The van der Waals surface area contributed by atoms with E-state index in [1.165, 1.54) is 0 Å². The smallest absolute Gasteiger partial charge is 0.335 e. The molecular weight excluding hydrogens is 196 g/mol. The highest BCUT2D eigenvalue weighted by Gasteiger charge is 2.21. The first-order valence-electron chi connectivity index (χ1n) is 4.75. The molecular formula is C11H12O4. The number of ether oxygens (including phenoxy) is 2. The van der Waals surface area contributed by atoms with E-state index in [1.54, 1.807) is 18.2 Å². The first-order valence-corrected chi connectivity index (χ1v) is 4.75. The van der Waals surface area contributed by atoms with E-state index in [1.807, 2.05) is 6.92 Å². The van der Waals surface area contributed by atoms with Gasteiger partial charge in [0.15, 0.2) is 0 Å². The van der Waals surface area contributed by atoms with E-state index in [0.717, 1.165) is 5.56 Å². The summed E-state index contributed by atoms with van der Waals surface area (Å²) < 4.78 is 10.6. The summed E-state index contributed by atoms with van der Waals surface area (Å²) in [5, 5.41) is 8.83. The van der Waals surface area contributed by atoms with Crippen molar-refractivity contribution < 1.29 is 19.4 Å². The van der Waals surface area contributed by atoms with E-state index in [9.17, 15) is 4.79 Å².